The first kappa shape index (κ1) is 10.1. The molecule has 0 heterocycles. The molecule has 11 heavy (non-hydrogen) atoms. The summed E-state index contributed by atoms with van der Waals surface area (Å²) in [5.41, 5.74) is 0. The van der Waals surface area contributed by atoms with Crippen LogP contribution < -0.4 is 0 Å². The molecule has 64 valence electrons. The fraction of sp³-hybridized carbons (Fsp3) is 0.600. The normalized spacial score (nSPS) is 12.2. The van der Waals surface area contributed by atoms with Gasteiger partial charge in [0, 0.05) is 5.92 Å². The number of halogens is 6. The van der Waals surface area contributed by atoms with Gasteiger partial charge in [-0.05, 0) is 0 Å². The highest BCUT2D eigenvalue weighted by Gasteiger charge is 2.55. The van der Waals surface area contributed by atoms with Crippen molar-refractivity contribution in [3.05, 3.63) is 0 Å². The molecule has 0 aromatic carbocycles. The van der Waals surface area contributed by atoms with E-state index in [4.69, 9.17) is 0 Å². The van der Waals surface area contributed by atoms with Gasteiger partial charge in [-0.2, -0.15) is 17.6 Å². The molecular weight excluding hydrogens is 174 g/mol. The van der Waals surface area contributed by atoms with Crippen molar-refractivity contribution in [2.24, 2.45) is 0 Å². The number of rotatable bonds is 2. The van der Waals surface area contributed by atoms with E-state index in [9.17, 15) is 26.3 Å². The second kappa shape index (κ2) is 3.03. The standard InChI is InChI=1S/C5H2F6/c6-2-1-4(8,9)5(10,11)3-7/h3H2. The van der Waals surface area contributed by atoms with Crippen LogP contribution in [0.4, 0.5) is 26.3 Å². The van der Waals surface area contributed by atoms with Gasteiger partial charge in [-0.3, -0.25) is 0 Å². The minimum atomic E-state index is -4.95. The predicted octanol–water partition coefficient (Wildman–Crippen LogP) is 2.16. The van der Waals surface area contributed by atoms with Gasteiger partial charge in [0.05, 0.1) is 0 Å². The van der Waals surface area contributed by atoms with Gasteiger partial charge < -0.3 is 0 Å². The molecule has 0 aliphatic heterocycles. The molecule has 0 aliphatic carbocycles. The Labute approximate surface area is 58.2 Å². The zero-order valence-electron chi connectivity index (χ0n) is 4.97. The van der Waals surface area contributed by atoms with E-state index in [-0.39, 0.29) is 12.1 Å². The lowest BCUT2D eigenvalue weighted by Crippen LogP contribution is -2.41. The van der Waals surface area contributed by atoms with Crippen molar-refractivity contribution in [3.63, 3.8) is 0 Å². The summed E-state index contributed by atoms with van der Waals surface area (Å²) in [5, 5.41) is 0. The molecule has 0 bridgehead atoms. The Balaban J connectivity index is 4.62. The molecule has 0 N–H and O–H groups in total. The zero-order valence-corrected chi connectivity index (χ0v) is 4.97. The molecule has 0 spiro atoms. The SMILES string of the molecule is FC#CC(F)(F)C(F)(F)CF. The van der Waals surface area contributed by atoms with Crippen LogP contribution in [0.15, 0.2) is 0 Å². The molecular formula is C5H2F6. The molecule has 0 unspecified atom stereocenters. The lowest BCUT2D eigenvalue weighted by Gasteiger charge is -2.17. The third-order valence-corrected chi connectivity index (χ3v) is 0.831. The summed E-state index contributed by atoms with van der Waals surface area (Å²) in [7, 11) is 0. The molecule has 0 fully saturated rings. The molecule has 0 aliphatic rings. The van der Waals surface area contributed by atoms with E-state index >= 15 is 0 Å². The van der Waals surface area contributed by atoms with Crippen LogP contribution in [0.5, 0.6) is 0 Å². The minimum absolute atomic E-state index is 0.102. The molecule has 6 heteroatoms. The summed E-state index contributed by atoms with van der Waals surface area (Å²) in [5.74, 6) is -9.60. The molecule has 0 saturated carbocycles. The van der Waals surface area contributed by atoms with Crippen molar-refractivity contribution in [3.8, 4) is 12.1 Å². The Morgan fingerprint density at radius 2 is 1.55 bits per heavy atom. The first-order chi connectivity index (χ1) is 4.87. The fourth-order valence-electron chi connectivity index (χ4n) is 0.235. The first-order valence-electron chi connectivity index (χ1n) is 2.32. The lowest BCUT2D eigenvalue weighted by molar-refractivity contribution is -0.181. The van der Waals surface area contributed by atoms with Crippen LogP contribution in [0.25, 0.3) is 0 Å². The Hall–Kier alpha value is -0.860. The van der Waals surface area contributed by atoms with Gasteiger partial charge in [-0.15, -0.1) is 4.39 Å². The Morgan fingerprint density at radius 1 is 1.09 bits per heavy atom. The van der Waals surface area contributed by atoms with Crippen LogP contribution >= 0.6 is 0 Å². The Bertz CT molecular complexity index is 185. The summed E-state index contributed by atoms with van der Waals surface area (Å²) in [6.07, 6.45) is 0.102. The van der Waals surface area contributed by atoms with Gasteiger partial charge in [0.15, 0.2) is 6.67 Å². The molecule has 0 atom stereocenters. The molecule has 0 saturated heterocycles. The Morgan fingerprint density at radius 3 is 1.82 bits per heavy atom. The largest absolute Gasteiger partial charge is 0.375 e. The van der Waals surface area contributed by atoms with Crippen LogP contribution in [0.2, 0.25) is 0 Å². The van der Waals surface area contributed by atoms with Gasteiger partial charge in [0.25, 0.3) is 0 Å². The fourth-order valence-corrected chi connectivity index (χ4v) is 0.235. The summed E-state index contributed by atoms with van der Waals surface area (Å²) in [6.45, 7) is -2.57. The monoisotopic (exact) mass is 176 g/mol. The summed E-state index contributed by atoms with van der Waals surface area (Å²) < 4.78 is 69.1. The van der Waals surface area contributed by atoms with E-state index in [0.717, 1.165) is 0 Å². The Kier molecular flexibility index (Phi) is 2.79. The molecule has 0 amide bonds. The zero-order chi connectivity index (χ0) is 9.12. The highest BCUT2D eigenvalue weighted by Crippen LogP contribution is 2.33. The molecule has 0 radical (unpaired) electrons. The first-order valence-corrected chi connectivity index (χ1v) is 2.32. The highest BCUT2D eigenvalue weighted by atomic mass is 19.3. The second-order valence-corrected chi connectivity index (χ2v) is 1.63. The topological polar surface area (TPSA) is 0 Å². The van der Waals surface area contributed by atoms with Crippen molar-refractivity contribution in [1.82, 2.24) is 0 Å². The van der Waals surface area contributed by atoms with Crippen molar-refractivity contribution >= 4 is 0 Å². The molecule has 0 nitrogen and oxygen atoms in total. The van der Waals surface area contributed by atoms with Gasteiger partial charge in [-0.1, -0.05) is 0 Å². The average Bonchev–Trinajstić information content (AvgIpc) is 1.87. The van der Waals surface area contributed by atoms with E-state index in [2.05, 4.69) is 0 Å². The van der Waals surface area contributed by atoms with Gasteiger partial charge in [0.2, 0.25) is 0 Å². The lowest BCUT2D eigenvalue weighted by atomic mass is 10.2. The van der Waals surface area contributed by atoms with Crippen molar-refractivity contribution in [1.29, 1.82) is 0 Å². The van der Waals surface area contributed by atoms with E-state index in [0.29, 0.717) is 0 Å². The smallest absolute Gasteiger partial charge is 0.244 e. The maximum Gasteiger partial charge on any atom is 0.375 e. The van der Waals surface area contributed by atoms with E-state index in [1.54, 1.807) is 0 Å². The molecule has 0 aromatic rings. The van der Waals surface area contributed by atoms with Crippen molar-refractivity contribution in [2.45, 2.75) is 11.8 Å². The number of alkyl halides is 5. The molecule has 0 rings (SSSR count). The minimum Gasteiger partial charge on any atom is -0.244 e. The van der Waals surface area contributed by atoms with Crippen LogP contribution in [0.1, 0.15) is 0 Å². The van der Waals surface area contributed by atoms with E-state index in [1.165, 1.54) is 0 Å². The third kappa shape index (κ3) is 2.03. The maximum absolute atomic E-state index is 11.8. The summed E-state index contributed by atoms with van der Waals surface area (Å²) in [6, 6.07) is 0. The summed E-state index contributed by atoms with van der Waals surface area (Å²) >= 11 is 0. The predicted molar refractivity (Wildman–Crippen MR) is 24.8 cm³/mol. The van der Waals surface area contributed by atoms with E-state index < -0.39 is 18.5 Å². The van der Waals surface area contributed by atoms with Gasteiger partial charge >= 0.3 is 11.8 Å². The van der Waals surface area contributed by atoms with Crippen molar-refractivity contribution < 1.29 is 26.3 Å². The van der Waals surface area contributed by atoms with Crippen LogP contribution in [-0.4, -0.2) is 18.5 Å². The third-order valence-electron chi connectivity index (χ3n) is 0.831. The van der Waals surface area contributed by atoms with Crippen LogP contribution in [-0.2, 0) is 0 Å². The molecule has 0 aromatic heterocycles. The maximum atomic E-state index is 11.8. The summed E-state index contributed by atoms with van der Waals surface area (Å²) in [4.78, 5) is 0. The quantitative estimate of drug-likeness (QED) is 0.446. The van der Waals surface area contributed by atoms with Crippen LogP contribution in [0, 0.1) is 12.1 Å². The van der Waals surface area contributed by atoms with Crippen molar-refractivity contribution in [2.75, 3.05) is 6.67 Å². The van der Waals surface area contributed by atoms with Gasteiger partial charge in [-0.25, -0.2) is 4.39 Å². The van der Waals surface area contributed by atoms with Crippen LogP contribution in [0.3, 0.4) is 0 Å². The average molecular weight is 176 g/mol. The second-order valence-electron chi connectivity index (χ2n) is 1.63. The van der Waals surface area contributed by atoms with E-state index in [1.807, 2.05) is 0 Å². The highest BCUT2D eigenvalue weighted by molar-refractivity contribution is 5.11. The number of hydrogen-bond acceptors (Lipinski definition) is 0. The number of hydrogen-bond donors (Lipinski definition) is 0. The van der Waals surface area contributed by atoms with Gasteiger partial charge in [0.1, 0.15) is 6.17 Å².